The van der Waals surface area contributed by atoms with Gasteiger partial charge in [0.05, 0.1) is 31.0 Å². The van der Waals surface area contributed by atoms with Gasteiger partial charge < -0.3 is 19.3 Å². The van der Waals surface area contributed by atoms with Crippen LogP contribution >= 0.6 is 11.8 Å². The minimum Gasteiger partial charge on any atom is -0.390 e. The van der Waals surface area contributed by atoms with Crippen molar-refractivity contribution in [3.05, 3.63) is 0 Å². The molecule has 0 aromatic carbocycles. The van der Waals surface area contributed by atoms with Gasteiger partial charge >= 0.3 is 0 Å². The molecule has 3 aliphatic rings. The smallest absolute Gasteiger partial charge is 0.0940 e. The van der Waals surface area contributed by atoms with Crippen LogP contribution in [0.1, 0.15) is 19.3 Å². The summed E-state index contributed by atoms with van der Waals surface area (Å²) >= 11 is 1.88. The molecule has 0 bridgehead atoms. The molecule has 3 fully saturated rings. The van der Waals surface area contributed by atoms with E-state index in [0.717, 1.165) is 50.6 Å². The summed E-state index contributed by atoms with van der Waals surface area (Å²) in [6.45, 7) is 2.99. The average Bonchev–Trinajstić information content (AvgIpc) is 2.87. The van der Waals surface area contributed by atoms with Crippen LogP contribution in [-0.2, 0) is 14.2 Å². The molecule has 0 aromatic rings. The van der Waals surface area contributed by atoms with Gasteiger partial charge in [-0.2, -0.15) is 11.8 Å². The molecule has 0 aliphatic carbocycles. The number of rotatable bonds is 2. The molecule has 0 amide bonds. The van der Waals surface area contributed by atoms with Gasteiger partial charge in [-0.1, -0.05) is 0 Å². The van der Waals surface area contributed by atoms with Gasteiger partial charge in [-0.25, -0.2) is 0 Å². The monoisotopic (exact) mass is 274 g/mol. The summed E-state index contributed by atoms with van der Waals surface area (Å²) in [5.41, 5.74) is -0.119. The Kier molecular flexibility index (Phi) is 4.15. The highest BCUT2D eigenvalue weighted by atomic mass is 32.2. The Balaban J connectivity index is 1.60. The molecule has 3 aliphatic heterocycles. The highest BCUT2D eigenvalue weighted by Crippen LogP contribution is 2.38. The fourth-order valence-electron chi connectivity index (χ4n) is 3.23. The fraction of sp³-hybridized carbons (Fsp3) is 1.00. The van der Waals surface area contributed by atoms with Crippen molar-refractivity contribution in [2.24, 2.45) is 5.92 Å². The zero-order valence-corrected chi connectivity index (χ0v) is 11.5. The van der Waals surface area contributed by atoms with Crippen LogP contribution in [0.25, 0.3) is 0 Å². The highest BCUT2D eigenvalue weighted by Gasteiger charge is 2.44. The lowest BCUT2D eigenvalue weighted by molar-refractivity contribution is -0.135. The lowest BCUT2D eigenvalue weighted by atomic mass is 9.81. The maximum absolute atomic E-state index is 10.5. The third kappa shape index (κ3) is 2.70. The normalized spacial score (nSPS) is 43.2. The Morgan fingerprint density at radius 1 is 1.28 bits per heavy atom. The number of ether oxygens (including phenoxy) is 3. The van der Waals surface area contributed by atoms with Crippen molar-refractivity contribution in [2.45, 2.75) is 37.1 Å². The summed E-state index contributed by atoms with van der Waals surface area (Å²) in [5, 5.41) is 10.5. The van der Waals surface area contributed by atoms with Crippen molar-refractivity contribution in [3.63, 3.8) is 0 Å². The summed E-state index contributed by atoms with van der Waals surface area (Å²) in [4.78, 5) is 0. The quantitative estimate of drug-likeness (QED) is 0.816. The minimum atomic E-state index is -0.348. The Bertz CT molecular complexity index is 274. The van der Waals surface area contributed by atoms with E-state index in [2.05, 4.69) is 0 Å². The van der Waals surface area contributed by atoms with E-state index in [-0.39, 0.29) is 17.8 Å². The van der Waals surface area contributed by atoms with Crippen LogP contribution < -0.4 is 0 Å². The molecule has 18 heavy (non-hydrogen) atoms. The molecule has 4 unspecified atom stereocenters. The SMILES string of the molecule is OC(C1CCOC2(CCOC2)C1)C1CSCCO1. The predicted octanol–water partition coefficient (Wildman–Crippen LogP) is 1.06. The average molecular weight is 274 g/mol. The van der Waals surface area contributed by atoms with Crippen molar-refractivity contribution in [3.8, 4) is 0 Å². The third-order valence-electron chi connectivity index (χ3n) is 4.30. The topological polar surface area (TPSA) is 47.9 Å². The van der Waals surface area contributed by atoms with E-state index in [4.69, 9.17) is 14.2 Å². The van der Waals surface area contributed by atoms with Crippen LogP contribution in [-0.4, -0.2) is 60.8 Å². The zero-order valence-electron chi connectivity index (χ0n) is 10.7. The third-order valence-corrected chi connectivity index (χ3v) is 5.32. The van der Waals surface area contributed by atoms with E-state index >= 15 is 0 Å². The second kappa shape index (κ2) is 5.67. The van der Waals surface area contributed by atoms with Crippen LogP contribution in [0, 0.1) is 5.92 Å². The predicted molar refractivity (Wildman–Crippen MR) is 69.9 cm³/mol. The lowest BCUT2D eigenvalue weighted by Gasteiger charge is -2.41. The Hall–Kier alpha value is 0.190. The van der Waals surface area contributed by atoms with Crippen molar-refractivity contribution >= 4 is 11.8 Å². The van der Waals surface area contributed by atoms with E-state index in [1.54, 1.807) is 0 Å². The first-order valence-corrected chi connectivity index (χ1v) is 8.04. The molecule has 4 nitrogen and oxygen atoms in total. The van der Waals surface area contributed by atoms with Gasteiger partial charge in [-0.05, 0) is 18.8 Å². The van der Waals surface area contributed by atoms with Gasteiger partial charge in [-0.15, -0.1) is 0 Å². The summed E-state index contributed by atoms with van der Waals surface area (Å²) in [6.07, 6.45) is 2.48. The van der Waals surface area contributed by atoms with E-state index < -0.39 is 0 Å². The van der Waals surface area contributed by atoms with Gasteiger partial charge in [0.2, 0.25) is 0 Å². The lowest BCUT2D eigenvalue weighted by Crippen LogP contribution is -2.48. The number of aliphatic hydroxyl groups excluding tert-OH is 1. The first-order chi connectivity index (χ1) is 8.79. The second-order valence-electron chi connectivity index (χ2n) is 5.56. The molecule has 1 spiro atoms. The molecule has 3 heterocycles. The molecule has 0 radical (unpaired) electrons. The molecule has 4 atom stereocenters. The fourth-order valence-corrected chi connectivity index (χ4v) is 4.13. The Morgan fingerprint density at radius 3 is 2.94 bits per heavy atom. The molecule has 0 aromatic heterocycles. The molecule has 5 heteroatoms. The van der Waals surface area contributed by atoms with Crippen LogP contribution in [0.3, 0.4) is 0 Å². The second-order valence-corrected chi connectivity index (χ2v) is 6.71. The van der Waals surface area contributed by atoms with Crippen molar-refractivity contribution < 1.29 is 19.3 Å². The summed E-state index contributed by atoms with van der Waals surface area (Å²) in [6, 6.07) is 0. The van der Waals surface area contributed by atoms with E-state index in [1.165, 1.54) is 0 Å². The van der Waals surface area contributed by atoms with Crippen molar-refractivity contribution in [1.29, 1.82) is 0 Å². The van der Waals surface area contributed by atoms with Gasteiger partial charge in [-0.3, -0.25) is 0 Å². The molecule has 3 saturated heterocycles. The maximum atomic E-state index is 10.5. The minimum absolute atomic E-state index is 0.00576. The standard InChI is InChI=1S/C13H22O4S/c14-12(11-8-18-6-5-16-11)10-1-3-17-13(7-10)2-4-15-9-13/h10-12,14H,1-9H2. The number of hydrogen-bond acceptors (Lipinski definition) is 5. The van der Waals surface area contributed by atoms with Gasteiger partial charge in [0.1, 0.15) is 0 Å². The van der Waals surface area contributed by atoms with Crippen LogP contribution in [0.4, 0.5) is 0 Å². The summed E-state index contributed by atoms with van der Waals surface area (Å²) in [7, 11) is 0. The molecule has 104 valence electrons. The number of aliphatic hydroxyl groups is 1. The van der Waals surface area contributed by atoms with E-state index in [0.29, 0.717) is 12.5 Å². The van der Waals surface area contributed by atoms with Gasteiger partial charge in [0.25, 0.3) is 0 Å². The van der Waals surface area contributed by atoms with Gasteiger partial charge in [0, 0.05) is 31.1 Å². The molecule has 1 N–H and O–H groups in total. The van der Waals surface area contributed by atoms with Crippen LogP contribution in [0.5, 0.6) is 0 Å². The Morgan fingerprint density at radius 2 is 2.22 bits per heavy atom. The molecule has 3 rings (SSSR count). The Labute approximate surface area is 112 Å². The number of hydrogen-bond donors (Lipinski definition) is 1. The van der Waals surface area contributed by atoms with Crippen LogP contribution in [0.15, 0.2) is 0 Å². The number of thioether (sulfide) groups is 1. The molecular formula is C13H22O4S. The largest absolute Gasteiger partial charge is 0.390 e. The first-order valence-electron chi connectivity index (χ1n) is 6.88. The zero-order chi connectivity index (χ0) is 12.4. The first kappa shape index (κ1) is 13.2. The summed E-state index contributed by atoms with van der Waals surface area (Å²) in [5.74, 6) is 2.26. The molecular weight excluding hydrogens is 252 g/mol. The summed E-state index contributed by atoms with van der Waals surface area (Å²) < 4.78 is 17.1. The van der Waals surface area contributed by atoms with Crippen molar-refractivity contribution in [2.75, 3.05) is 37.9 Å². The maximum Gasteiger partial charge on any atom is 0.0940 e. The van der Waals surface area contributed by atoms with Crippen LogP contribution in [0.2, 0.25) is 0 Å². The molecule has 0 saturated carbocycles. The van der Waals surface area contributed by atoms with Crippen molar-refractivity contribution in [1.82, 2.24) is 0 Å². The van der Waals surface area contributed by atoms with E-state index in [1.807, 2.05) is 11.8 Å². The van der Waals surface area contributed by atoms with Gasteiger partial charge in [0.15, 0.2) is 0 Å². The highest BCUT2D eigenvalue weighted by molar-refractivity contribution is 7.99. The van der Waals surface area contributed by atoms with E-state index in [9.17, 15) is 5.11 Å².